The molecule has 1 saturated heterocycles. The fraction of sp³-hybridized carbons (Fsp3) is 0.889. The van der Waals surface area contributed by atoms with Crippen LogP contribution in [0.15, 0.2) is 0 Å². The molecule has 0 radical (unpaired) electrons. The Balaban J connectivity index is 0. The average molecular weight is 191 g/mol. The highest BCUT2D eigenvalue weighted by Crippen LogP contribution is 2.14. The molecule has 3 heteroatoms. The van der Waals surface area contributed by atoms with Crippen LogP contribution >= 0.6 is 11.8 Å². The van der Waals surface area contributed by atoms with E-state index < -0.39 is 0 Å². The lowest BCUT2D eigenvalue weighted by Crippen LogP contribution is -2.13. The van der Waals surface area contributed by atoms with Crippen LogP contribution < -0.4 is 0 Å². The lowest BCUT2D eigenvalue weighted by Gasteiger charge is -2.01. The normalized spacial score (nSPS) is 13.8. The maximum Gasteiger partial charge on any atom is 0.209 e. The molecular weight excluding hydrogens is 170 g/mol. The van der Waals surface area contributed by atoms with Crippen LogP contribution in [0, 0.1) is 0 Å². The molecule has 0 N–H and O–H groups in total. The Kier molecular flexibility index (Phi) is 12.9. The van der Waals surface area contributed by atoms with Crippen molar-refractivity contribution in [3.8, 4) is 0 Å². The minimum absolute atomic E-state index is 0. The molecule has 0 aromatic carbocycles. The zero-order chi connectivity index (χ0) is 8.53. The molecule has 0 aliphatic carbocycles. The molecule has 2 nitrogen and oxygen atoms in total. The van der Waals surface area contributed by atoms with E-state index in [1.165, 1.54) is 24.3 Å². The molecule has 74 valence electrons. The highest BCUT2D eigenvalue weighted by atomic mass is 32.2. The summed E-state index contributed by atoms with van der Waals surface area (Å²) in [6.07, 6.45) is 3.73. The van der Waals surface area contributed by atoms with E-state index in [9.17, 15) is 4.79 Å². The van der Waals surface area contributed by atoms with Gasteiger partial charge in [-0.1, -0.05) is 7.43 Å². The molecule has 1 rings (SSSR count). The number of rotatable bonds is 2. The van der Waals surface area contributed by atoms with Crippen LogP contribution in [0.1, 0.15) is 27.2 Å². The zero-order valence-corrected chi connectivity index (χ0v) is 8.19. The minimum Gasteiger partial charge on any atom is -0.349 e. The summed E-state index contributed by atoms with van der Waals surface area (Å²) >= 11 is 2.07. The second kappa shape index (κ2) is 10.8. The van der Waals surface area contributed by atoms with Gasteiger partial charge in [0.25, 0.3) is 0 Å². The van der Waals surface area contributed by atoms with Gasteiger partial charge in [0.15, 0.2) is 0 Å². The van der Waals surface area contributed by atoms with Gasteiger partial charge in [-0.15, -0.1) is 0 Å². The lowest BCUT2D eigenvalue weighted by molar-refractivity contribution is -0.116. The van der Waals surface area contributed by atoms with Crippen molar-refractivity contribution in [2.75, 3.05) is 25.1 Å². The molecule has 0 unspecified atom stereocenters. The van der Waals surface area contributed by atoms with Crippen LogP contribution in [0.5, 0.6) is 0 Å². The molecule has 0 aromatic heterocycles. The van der Waals surface area contributed by atoms with Gasteiger partial charge in [0.1, 0.15) is 0 Å². The van der Waals surface area contributed by atoms with Crippen LogP contribution in [0.3, 0.4) is 0 Å². The number of nitrogens with zero attached hydrogens (tertiary/aromatic N) is 1. The zero-order valence-electron chi connectivity index (χ0n) is 7.38. The largest absolute Gasteiger partial charge is 0.349 e. The molecule has 0 bridgehead atoms. The summed E-state index contributed by atoms with van der Waals surface area (Å²) in [5.74, 6) is 2.83. The van der Waals surface area contributed by atoms with Crippen LogP contribution in [0.2, 0.25) is 0 Å². The fourth-order valence-corrected chi connectivity index (χ4v) is 1.61. The van der Waals surface area contributed by atoms with Crippen molar-refractivity contribution in [3.05, 3.63) is 0 Å². The van der Waals surface area contributed by atoms with Crippen LogP contribution in [0.25, 0.3) is 0 Å². The third-order valence-corrected chi connectivity index (χ3v) is 2.66. The first-order valence-electron chi connectivity index (χ1n) is 4.04. The molecule has 1 aliphatic rings. The van der Waals surface area contributed by atoms with Gasteiger partial charge in [-0.3, -0.25) is 4.79 Å². The number of carbonyl (C=O) groups excluding carboxylic acids is 1. The van der Waals surface area contributed by atoms with Crippen molar-refractivity contribution in [3.63, 3.8) is 0 Å². The second-order valence-electron chi connectivity index (χ2n) is 2.50. The van der Waals surface area contributed by atoms with Gasteiger partial charge < -0.3 is 4.90 Å². The summed E-state index contributed by atoms with van der Waals surface area (Å²) in [5, 5.41) is 0. The first-order chi connectivity index (χ1) is 5.31. The van der Waals surface area contributed by atoms with Crippen LogP contribution in [0.4, 0.5) is 0 Å². The number of hydrogen-bond donors (Lipinski definition) is 0. The van der Waals surface area contributed by atoms with Crippen molar-refractivity contribution in [1.82, 2.24) is 4.90 Å². The highest BCUT2D eigenvalue weighted by molar-refractivity contribution is 7.99. The molecule has 1 amide bonds. The van der Waals surface area contributed by atoms with Crippen molar-refractivity contribution in [2.45, 2.75) is 27.2 Å². The predicted molar refractivity (Wildman–Crippen MR) is 57.7 cm³/mol. The van der Waals surface area contributed by atoms with Crippen LogP contribution in [-0.2, 0) is 4.79 Å². The Morgan fingerprint density at radius 2 is 1.92 bits per heavy atom. The van der Waals surface area contributed by atoms with E-state index in [1.807, 2.05) is 6.92 Å². The molecule has 12 heavy (non-hydrogen) atoms. The molecule has 0 saturated carbocycles. The lowest BCUT2D eigenvalue weighted by atomic mass is 10.4. The SMILES string of the molecule is C.C1CCSC1.CCN(C)C=O. The molecule has 0 aromatic rings. The monoisotopic (exact) mass is 191 g/mol. The van der Waals surface area contributed by atoms with E-state index in [2.05, 4.69) is 11.8 Å². The van der Waals surface area contributed by atoms with Crippen molar-refractivity contribution >= 4 is 18.2 Å². The fourth-order valence-electron chi connectivity index (χ4n) is 0.585. The van der Waals surface area contributed by atoms with E-state index in [0.29, 0.717) is 0 Å². The van der Waals surface area contributed by atoms with Gasteiger partial charge in [0.05, 0.1) is 0 Å². The second-order valence-corrected chi connectivity index (χ2v) is 3.72. The van der Waals surface area contributed by atoms with Crippen molar-refractivity contribution in [2.24, 2.45) is 0 Å². The number of hydrogen-bond acceptors (Lipinski definition) is 2. The van der Waals surface area contributed by atoms with E-state index in [4.69, 9.17) is 0 Å². The Hall–Kier alpha value is -0.180. The molecular formula is C9H21NOS. The summed E-state index contributed by atoms with van der Waals surface area (Å²) < 4.78 is 0. The van der Waals surface area contributed by atoms with Gasteiger partial charge in [-0.2, -0.15) is 11.8 Å². The van der Waals surface area contributed by atoms with E-state index >= 15 is 0 Å². The first-order valence-corrected chi connectivity index (χ1v) is 5.20. The highest BCUT2D eigenvalue weighted by Gasteiger charge is 1.95. The van der Waals surface area contributed by atoms with Crippen molar-refractivity contribution < 1.29 is 4.79 Å². The molecule has 1 heterocycles. The quantitative estimate of drug-likeness (QED) is 0.624. The number of thioether (sulfide) groups is 1. The standard InChI is InChI=1S/C4H9NO.C4H8S.CH4/c1-3-5(2)4-6;1-2-4-5-3-1;/h4H,3H2,1-2H3;1-4H2;1H4. The van der Waals surface area contributed by atoms with Gasteiger partial charge in [0, 0.05) is 13.6 Å². The van der Waals surface area contributed by atoms with E-state index in [-0.39, 0.29) is 7.43 Å². The minimum atomic E-state index is 0. The third kappa shape index (κ3) is 9.82. The van der Waals surface area contributed by atoms with Gasteiger partial charge in [-0.05, 0) is 31.3 Å². The molecule has 1 aliphatic heterocycles. The van der Waals surface area contributed by atoms with Gasteiger partial charge in [0.2, 0.25) is 6.41 Å². The summed E-state index contributed by atoms with van der Waals surface area (Å²) in [7, 11) is 1.74. The Morgan fingerprint density at radius 1 is 1.42 bits per heavy atom. The van der Waals surface area contributed by atoms with Crippen LogP contribution in [-0.4, -0.2) is 36.4 Å². The smallest absolute Gasteiger partial charge is 0.209 e. The number of carbonyl (C=O) groups is 1. The molecule has 0 atom stereocenters. The summed E-state index contributed by atoms with van der Waals surface area (Å²) in [6.45, 7) is 2.72. The topological polar surface area (TPSA) is 20.3 Å². The summed E-state index contributed by atoms with van der Waals surface area (Å²) in [5.41, 5.74) is 0. The first kappa shape index (κ1) is 14.3. The average Bonchev–Trinajstić information content (AvgIpc) is 2.60. The summed E-state index contributed by atoms with van der Waals surface area (Å²) in [6, 6.07) is 0. The molecule has 1 fully saturated rings. The summed E-state index contributed by atoms with van der Waals surface area (Å²) in [4.78, 5) is 11.2. The third-order valence-electron chi connectivity index (χ3n) is 1.51. The Morgan fingerprint density at radius 3 is 2.00 bits per heavy atom. The van der Waals surface area contributed by atoms with Gasteiger partial charge >= 0.3 is 0 Å². The maximum atomic E-state index is 9.66. The van der Waals surface area contributed by atoms with E-state index in [1.54, 1.807) is 11.9 Å². The number of amides is 1. The predicted octanol–water partition coefficient (Wildman–Crippen LogP) is 2.24. The molecule has 0 spiro atoms. The Bertz CT molecular complexity index is 86.9. The Labute approximate surface area is 80.7 Å². The van der Waals surface area contributed by atoms with E-state index in [0.717, 1.165) is 13.0 Å². The maximum absolute atomic E-state index is 9.66. The van der Waals surface area contributed by atoms with Crippen molar-refractivity contribution in [1.29, 1.82) is 0 Å². The van der Waals surface area contributed by atoms with Gasteiger partial charge in [-0.25, -0.2) is 0 Å².